The van der Waals surface area contributed by atoms with Crippen molar-refractivity contribution in [1.82, 2.24) is 16.0 Å². The summed E-state index contributed by atoms with van der Waals surface area (Å²) in [6.07, 6.45) is 4.84. The minimum absolute atomic E-state index is 0.0447. The van der Waals surface area contributed by atoms with Crippen LogP contribution >= 0.6 is 0 Å². The number of rotatable bonds is 9. The minimum Gasteiger partial charge on any atom is -0.480 e. The monoisotopic (exact) mass is 410 g/mol. The first-order valence-corrected chi connectivity index (χ1v) is 10.7. The molecule has 0 saturated heterocycles. The van der Waals surface area contributed by atoms with Gasteiger partial charge in [-0.2, -0.15) is 0 Å². The number of carbonyl (C=O) groups is 3. The van der Waals surface area contributed by atoms with Crippen LogP contribution in [0.4, 0.5) is 4.79 Å². The highest BCUT2D eigenvalue weighted by molar-refractivity contribution is 5.91. The van der Waals surface area contributed by atoms with E-state index in [1.165, 1.54) is 6.42 Å². The van der Waals surface area contributed by atoms with Gasteiger partial charge in [-0.1, -0.05) is 20.8 Å². The fraction of sp³-hybridized carbons (Fsp3) is 0.857. The molecule has 4 atom stereocenters. The summed E-state index contributed by atoms with van der Waals surface area (Å²) in [6, 6.07) is -1.59. The number of carboxylic acid groups (broad SMARTS) is 1. The molecule has 6 N–H and O–H groups in total. The number of nitrogens with two attached hydrogens (primary N) is 1. The molecule has 0 aromatic carbocycles. The number of hydrogen-bond donors (Lipinski definition) is 5. The SMILES string of the molecule is CC(C)(NC(=O)NC(CCCCN)C(=O)O)C(=O)N[C@H]1C[C@H]2CC[C@]1(C)C2(C)C. The second-order valence-corrected chi connectivity index (χ2v) is 10.0. The smallest absolute Gasteiger partial charge is 0.326 e. The predicted molar refractivity (Wildman–Crippen MR) is 111 cm³/mol. The largest absolute Gasteiger partial charge is 0.480 e. The highest BCUT2D eigenvalue weighted by Gasteiger charge is 2.61. The first kappa shape index (κ1) is 23.4. The molecule has 8 nitrogen and oxygen atoms in total. The molecule has 166 valence electrons. The topological polar surface area (TPSA) is 134 Å². The van der Waals surface area contributed by atoms with E-state index in [2.05, 4.69) is 36.7 Å². The van der Waals surface area contributed by atoms with E-state index in [0.717, 1.165) is 12.8 Å². The third-order valence-corrected chi connectivity index (χ3v) is 7.64. The Morgan fingerprint density at radius 1 is 1.21 bits per heavy atom. The van der Waals surface area contributed by atoms with Crippen LogP contribution in [-0.2, 0) is 9.59 Å². The molecule has 3 amide bonds. The van der Waals surface area contributed by atoms with Crippen LogP contribution in [0.15, 0.2) is 0 Å². The normalized spacial score (nSPS) is 28.6. The fourth-order valence-corrected chi connectivity index (χ4v) is 5.05. The first-order valence-electron chi connectivity index (χ1n) is 10.7. The Hall–Kier alpha value is -1.83. The van der Waals surface area contributed by atoms with Crippen LogP contribution in [0.3, 0.4) is 0 Å². The van der Waals surface area contributed by atoms with Gasteiger partial charge in [0.25, 0.3) is 0 Å². The molecule has 0 aliphatic heterocycles. The van der Waals surface area contributed by atoms with Gasteiger partial charge >= 0.3 is 12.0 Å². The molecule has 0 spiro atoms. The number of hydrogen-bond acceptors (Lipinski definition) is 4. The predicted octanol–water partition coefficient (Wildman–Crippen LogP) is 1.98. The number of carbonyl (C=O) groups excluding carboxylic acids is 2. The standard InChI is InChI=1S/C21H38N4O4/c1-19(2)13-9-10-21(19,5)15(12-13)24-17(28)20(3,4)25-18(29)23-14(16(26)27)8-6-7-11-22/h13-15H,6-12,22H2,1-5H3,(H,24,28)(H,26,27)(H2,23,25,29)/t13-,14?,15+,21+/m1/s1. The van der Waals surface area contributed by atoms with Crippen molar-refractivity contribution < 1.29 is 19.5 Å². The number of fused-ring (bicyclic) bond motifs is 2. The lowest BCUT2D eigenvalue weighted by Gasteiger charge is -2.40. The maximum Gasteiger partial charge on any atom is 0.326 e. The summed E-state index contributed by atoms with van der Waals surface area (Å²) >= 11 is 0. The van der Waals surface area contributed by atoms with Crippen molar-refractivity contribution in [2.75, 3.05) is 6.54 Å². The molecule has 29 heavy (non-hydrogen) atoms. The van der Waals surface area contributed by atoms with Crippen LogP contribution in [-0.4, -0.2) is 47.2 Å². The lowest BCUT2D eigenvalue weighted by Crippen LogP contribution is -2.61. The van der Waals surface area contributed by atoms with E-state index in [4.69, 9.17) is 5.73 Å². The van der Waals surface area contributed by atoms with Gasteiger partial charge in [0.15, 0.2) is 0 Å². The molecule has 2 aliphatic carbocycles. The molecule has 2 fully saturated rings. The molecule has 2 aliphatic rings. The summed E-state index contributed by atoms with van der Waals surface area (Å²) in [5.74, 6) is -0.754. The van der Waals surface area contributed by atoms with E-state index in [1.54, 1.807) is 13.8 Å². The van der Waals surface area contributed by atoms with Gasteiger partial charge < -0.3 is 26.8 Å². The minimum atomic E-state index is -1.16. The second-order valence-electron chi connectivity index (χ2n) is 10.0. The Kier molecular flexibility index (Phi) is 6.87. The maximum atomic E-state index is 12.9. The van der Waals surface area contributed by atoms with E-state index in [0.29, 0.717) is 31.7 Å². The zero-order chi connectivity index (χ0) is 22.0. The Morgan fingerprint density at radius 3 is 2.34 bits per heavy atom. The molecule has 2 rings (SSSR count). The Labute approximate surface area is 173 Å². The Balaban J connectivity index is 1.93. The summed E-state index contributed by atoms with van der Waals surface area (Å²) in [5.41, 5.74) is 4.50. The van der Waals surface area contributed by atoms with Crippen LogP contribution in [0.25, 0.3) is 0 Å². The zero-order valence-corrected chi connectivity index (χ0v) is 18.4. The molecule has 2 bridgehead atoms. The molecular weight excluding hydrogens is 372 g/mol. The maximum absolute atomic E-state index is 12.9. The molecule has 8 heteroatoms. The van der Waals surface area contributed by atoms with Crippen molar-refractivity contribution in [2.45, 2.75) is 90.8 Å². The van der Waals surface area contributed by atoms with Gasteiger partial charge in [-0.3, -0.25) is 4.79 Å². The van der Waals surface area contributed by atoms with Gasteiger partial charge in [-0.25, -0.2) is 9.59 Å². The lowest BCUT2D eigenvalue weighted by atomic mass is 9.69. The van der Waals surface area contributed by atoms with Crippen molar-refractivity contribution in [2.24, 2.45) is 22.5 Å². The molecule has 0 radical (unpaired) electrons. The summed E-state index contributed by atoms with van der Waals surface area (Å²) < 4.78 is 0. The van der Waals surface area contributed by atoms with Gasteiger partial charge in [-0.05, 0) is 75.7 Å². The first-order chi connectivity index (χ1) is 13.3. The number of aliphatic carboxylic acids is 1. The van der Waals surface area contributed by atoms with Crippen LogP contribution < -0.4 is 21.7 Å². The van der Waals surface area contributed by atoms with Crippen molar-refractivity contribution in [3.8, 4) is 0 Å². The summed E-state index contributed by atoms with van der Waals surface area (Å²) in [7, 11) is 0. The van der Waals surface area contributed by atoms with E-state index < -0.39 is 23.6 Å². The third kappa shape index (κ3) is 4.68. The summed E-state index contributed by atoms with van der Waals surface area (Å²) in [6.45, 7) is 10.6. The van der Waals surface area contributed by atoms with Crippen molar-refractivity contribution in [3.63, 3.8) is 0 Å². The van der Waals surface area contributed by atoms with Gasteiger partial charge in [0.2, 0.25) is 5.91 Å². The Morgan fingerprint density at radius 2 is 1.86 bits per heavy atom. The van der Waals surface area contributed by atoms with E-state index in [-0.39, 0.29) is 22.8 Å². The Bertz CT molecular complexity index is 649. The third-order valence-electron chi connectivity index (χ3n) is 7.64. The van der Waals surface area contributed by atoms with Crippen molar-refractivity contribution in [3.05, 3.63) is 0 Å². The molecule has 2 saturated carbocycles. The fourth-order valence-electron chi connectivity index (χ4n) is 5.05. The highest BCUT2D eigenvalue weighted by Crippen LogP contribution is 2.65. The van der Waals surface area contributed by atoms with E-state index >= 15 is 0 Å². The van der Waals surface area contributed by atoms with Gasteiger partial charge in [-0.15, -0.1) is 0 Å². The van der Waals surface area contributed by atoms with Crippen LogP contribution in [0.1, 0.15) is 73.1 Å². The lowest BCUT2D eigenvalue weighted by molar-refractivity contribution is -0.139. The number of carboxylic acids is 1. The number of nitrogens with one attached hydrogen (secondary N) is 3. The molecular formula is C21H38N4O4. The van der Waals surface area contributed by atoms with Crippen LogP contribution in [0, 0.1) is 16.7 Å². The molecule has 0 heterocycles. The van der Waals surface area contributed by atoms with Crippen LogP contribution in [0.5, 0.6) is 0 Å². The van der Waals surface area contributed by atoms with Crippen molar-refractivity contribution >= 4 is 17.9 Å². The molecule has 0 aromatic heterocycles. The average Bonchev–Trinajstić information content (AvgIpc) is 2.93. The van der Waals surface area contributed by atoms with Crippen molar-refractivity contribution in [1.29, 1.82) is 0 Å². The quantitative estimate of drug-likeness (QED) is 0.371. The molecule has 1 unspecified atom stereocenters. The zero-order valence-electron chi connectivity index (χ0n) is 18.4. The average molecular weight is 411 g/mol. The van der Waals surface area contributed by atoms with E-state index in [9.17, 15) is 19.5 Å². The van der Waals surface area contributed by atoms with Gasteiger partial charge in [0.05, 0.1) is 0 Å². The van der Waals surface area contributed by atoms with Gasteiger partial charge in [0, 0.05) is 6.04 Å². The molecule has 0 aromatic rings. The number of amides is 3. The van der Waals surface area contributed by atoms with Crippen LogP contribution in [0.2, 0.25) is 0 Å². The number of urea groups is 1. The number of unbranched alkanes of at least 4 members (excludes halogenated alkanes) is 1. The highest BCUT2D eigenvalue weighted by atomic mass is 16.4. The van der Waals surface area contributed by atoms with E-state index in [1.807, 2.05) is 0 Å². The summed E-state index contributed by atoms with van der Waals surface area (Å²) in [5, 5.41) is 17.6. The second kappa shape index (κ2) is 8.50. The van der Waals surface area contributed by atoms with Gasteiger partial charge in [0.1, 0.15) is 11.6 Å². The summed E-state index contributed by atoms with van der Waals surface area (Å²) in [4.78, 5) is 36.7.